The van der Waals surface area contributed by atoms with E-state index in [1.165, 1.54) is 31.4 Å². The average Bonchev–Trinajstić information content (AvgIpc) is 2.69. The van der Waals surface area contributed by atoms with Crippen LogP contribution in [0.3, 0.4) is 0 Å². The lowest BCUT2D eigenvalue weighted by atomic mass is 10.2. The Balaban J connectivity index is 1.89. The fourth-order valence-electron chi connectivity index (χ4n) is 2.24. The molecule has 0 bridgehead atoms. The molecule has 3 rings (SSSR count). The largest absolute Gasteiger partial charge is 0.465 e. The lowest BCUT2D eigenvalue weighted by molar-refractivity contribution is -0.385. The van der Waals surface area contributed by atoms with Crippen molar-refractivity contribution < 1.29 is 19.2 Å². The van der Waals surface area contributed by atoms with E-state index in [9.17, 15) is 14.9 Å². The van der Waals surface area contributed by atoms with Crippen molar-refractivity contribution in [3.8, 4) is 11.6 Å². The number of pyridine rings is 1. The topological polar surface area (TPSA) is 129 Å². The molecule has 10 heteroatoms. The number of nitro groups is 1. The number of carbonyl (C=O) groups is 1. The van der Waals surface area contributed by atoms with Crippen LogP contribution in [0.15, 0.2) is 48.9 Å². The van der Waals surface area contributed by atoms with Gasteiger partial charge in [0.05, 0.1) is 17.6 Å². The molecule has 1 aromatic carbocycles. The molecule has 0 saturated heterocycles. The van der Waals surface area contributed by atoms with Gasteiger partial charge >= 0.3 is 17.5 Å². The van der Waals surface area contributed by atoms with Gasteiger partial charge in [-0.1, -0.05) is 6.07 Å². The summed E-state index contributed by atoms with van der Waals surface area (Å²) >= 11 is 0. The number of aromatic nitrogens is 3. The monoisotopic (exact) mass is 381 g/mol. The van der Waals surface area contributed by atoms with Crippen molar-refractivity contribution in [2.75, 3.05) is 12.4 Å². The van der Waals surface area contributed by atoms with Crippen LogP contribution in [0.5, 0.6) is 11.6 Å². The number of ether oxygens (including phenoxy) is 2. The van der Waals surface area contributed by atoms with E-state index in [0.29, 0.717) is 11.4 Å². The van der Waals surface area contributed by atoms with Crippen molar-refractivity contribution in [1.29, 1.82) is 0 Å². The molecular formula is C18H15N5O5. The smallest absolute Gasteiger partial charge is 0.373 e. The van der Waals surface area contributed by atoms with Gasteiger partial charge in [-0.05, 0) is 42.8 Å². The van der Waals surface area contributed by atoms with E-state index >= 15 is 0 Å². The molecule has 28 heavy (non-hydrogen) atoms. The van der Waals surface area contributed by atoms with Crippen LogP contribution in [0.2, 0.25) is 0 Å². The Morgan fingerprint density at radius 3 is 2.46 bits per heavy atom. The minimum atomic E-state index is -0.644. The molecule has 2 heterocycles. The van der Waals surface area contributed by atoms with Gasteiger partial charge in [-0.25, -0.2) is 14.8 Å². The number of anilines is 2. The number of hydrogen-bond donors (Lipinski definition) is 1. The summed E-state index contributed by atoms with van der Waals surface area (Å²) in [5.74, 6) is -0.163. The lowest BCUT2D eigenvalue weighted by Crippen LogP contribution is -2.04. The van der Waals surface area contributed by atoms with E-state index in [1.807, 2.05) is 13.0 Å². The Labute approximate surface area is 159 Å². The molecule has 10 nitrogen and oxygen atoms in total. The SMILES string of the molecule is COC(=O)c1ccc(Oc2ncnc(Nc3ccc(C)cn3)c2[N+](=O)[O-])cc1. The molecule has 0 atom stereocenters. The number of nitrogens with zero attached hydrogens (tertiary/aromatic N) is 4. The maximum Gasteiger partial charge on any atom is 0.373 e. The van der Waals surface area contributed by atoms with Crippen LogP contribution in [0.1, 0.15) is 15.9 Å². The van der Waals surface area contributed by atoms with E-state index in [0.717, 1.165) is 11.9 Å². The van der Waals surface area contributed by atoms with Crippen molar-refractivity contribution in [2.45, 2.75) is 6.92 Å². The minimum absolute atomic E-state index is 0.0578. The van der Waals surface area contributed by atoms with Gasteiger partial charge in [-0.2, -0.15) is 4.98 Å². The van der Waals surface area contributed by atoms with Gasteiger partial charge in [0.1, 0.15) is 17.9 Å². The van der Waals surface area contributed by atoms with Crippen molar-refractivity contribution in [3.05, 3.63) is 70.2 Å². The molecule has 0 amide bonds. The van der Waals surface area contributed by atoms with Gasteiger partial charge in [0.25, 0.3) is 0 Å². The first-order valence-electron chi connectivity index (χ1n) is 8.03. The Hall–Kier alpha value is -4.08. The second kappa shape index (κ2) is 8.08. The molecule has 0 radical (unpaired) electrons. The second-order valence-electron chi connectivity index (χ2n) is 5.60. The molecule has 0 aliphatic rings. The number of methoxy groups -OCH3 is 1. The van der Waals surface area contributed by atoms with Crippen LogP contribution in [0, 0.1) is 17.0 Å². The number of hydrogen-bond acceptors (Lipinski definition) is 9. The maximum atomic E-state index is 11.6. The Kier molecular flexibility index (Phi) is 5.40. The summed E-state index contributed by atoms with van der Waals surface area (Å²) in [6, 6.07) is 9.39. The van der Waals surface area contributed by atoms with Crippen LogP contribution >= 0.6 is 0 Å². The molecule has 1 N–H and O–H groups in total. The average molecular weight is 381 g/mol. The third kappa shape index (κ3) is 4.18. The third-order valence-electron chi connectivity index (χ3n) is 3.62. The first kappa shape index (κ1) is 18.7. The Morgan fingerprint density at radius 1 is 1.11 bits per heavy atom. The van der Waals surface area contributed by atoms with Crippen LogP contribution in [-0.2, 0) is 4.74 Å². The van der Waals surface area contributed by atoms with E-state index in [4.69, 9.17) is 4.74 Å². The quantitative estimate of drug-likeness (QED) is 0.388. The first-order valence-corrected chi connectivity index (χ1v) is 8.03. The zero-order valence-corrected chi connectivity index (χ0v) is 14.9. The summed E-state index contributed by atoms with van der Waals surface area (Å²) in [4.78, 5) is 34.3. The zero-order chi connectivity index (χ0) is 20.1. The van der Waals surface area contributed by atoms with Gasteiger partial charge < -0.3 is 14.8 Å². The first-order chi connectivity index (χ1) is 13.5. The predicted octanol–water partition coefficient (Wildman–Crippen LogP) is 3.41. The molecule has 0 spiro atoms. The summed E-state index contributed by atoms with van der Waals surface area (Å²) in [7, 11) is 1.27. The van der Waals surface area contributed by atoms with Gasteiger partial charge in [0, 0.05) is 6.20 Å². The predicted molar refractivity (Wildman–Crippen MR) is 98.8 cm³/mol. The standard InChI is InChI=1S/C18H15N5O5/c1-11-3-8-14(19-9-11)22-16-15(23(25)26)17(21-10-20-16)28-13-6-4-12(5-7-13)18(24)27-2/h3-10H,1-2H3,(H,19,20,21,22). The number of nitrogens with one attached hydrogen (secondary N) is 1. The summed E-state index contributed by atoms with van der Waals surface area (Å²) in [6.07, 6.45) is 2.76. The maximum absolute atomic E-state index is 11.6. The molecule has 2 aromatic heterocycles. The highest BCUT2D eigenvalue weighted by Crippen LogP contribution is 2.35. The summed E-state index contributed by atoms with van der Waals surface area (Å²) < 4.78 is 10.2. The van der Waals surface area contributed by atoms with Crippen molar-refractivity contribution >= 4 is 23.3 Å². The summed E-state index contributed by atoms with van der Waals surface area (Å²) in [6.45, 7) is 1.88. The number of esters is 1. The van der Waals surface area contributed by atoms with E-state index in [-0.39, 0.29) is 17.4 Å². The van der Waals surface area contributed by atoms with Gasteiger partial charge in [-0.15, -0.1) is 0 Å². The van der Waals surface area contributed by atoms with E-state index in [1.54, 1.807) is 12.3 Å². The number of aryl methyl sites for hydroxylation is 1. The van der Waals surface area contributed by atoms with E-state index in [2.05, 4.69) is 25.0 Å². The molecule has 0 aliphatic heterocycles. The van der Waals surface area contributed by atoms with Gasteiger partial charge in [0.15, 0.2) is 0 Å². The zero-order valence-electron chi connectivity index (χ0n) is 14.9. The Bertz CT molecular complexity index is 1010. The highest BCUT2D eigenvalue weighted by atomic mass is 16.6. The van der Waals surface area contributed by atoms with Crippen molar-refractivity contribution in [3.63, 3.8) is 0 Å². The molecular weight excluding hydrogens is 366 g/mol. The van der Waals surface area contributed by atoms with Crippen LogP contribution < -0.4 is 10.1 Å². The van der Waals surface area contributed by atoms with Crippen molar-refractivity contribution in [1.82, 2.24) is 15.0 Å². The molecule has 142 valence electrons. The number of rotatable bonds is 6. The molecule has 0 aliphatic carbocycles. The highest BCUT2D eigenvalue weighted by molar-refractivity contribution is 5.89. The van der Waals surface area contributed by atoms with Crippen LogP contribution in [0.4, 0.5) is 17.3 Å². The summed E-state index contributed by atoms with van der Waals surface area (Å²) in [5, 5.41) is 14.4. The Morgan fingerprint density at radius 2 is 1.86 bits per heavy atom. The van der Waals surface area contributed by atoms with Gasteiger partial charge in [-0.3, -0.25) is 10.1 Å². The normalized spacial score (nSPS) is 10.2. The fraction of sp³-hybridized carbons (Fsp3) is 0.111. The van der Waals surface area contributed by atoms with Gasteiger partial charge in [0.2, 0.25) is 5.82 Å². The number of benzene rings is 1. The number of carbonyl (C=O) groups excluding carboxylic acids is 1. The highest BCUT2D eigenvalue weighted by Gasteiger charge is 2.25. The minimum Gasteiger partial charge on any atom is -0.465 e. The molecule has 3 aromatic rings. The molecule has 0 saturated carbocycles. The third-order valence-corrected chi connectivity index (χ3v) is 3.62. The van der Waals surface area contributed by atoms with Crippen LogP contribution in [0.25, 0.3) is 0 Å². The van der Waals surface area contributed by atoms with E-state index < -0.39 is 16.6 Å². The van der Waals surface area contributed by atoms with Crippen LogP contribution in [-0.4, -0.2) is 33.0 Å². The summed E-state index contributed by atoms with van der Waals surface area (Å²) in [5.41, 5.74) is 0.823. The molecule has 0 unspecified atom stereocenters. The lowest BCUT2D eigenvalue weighted by Gasteiger charge is -2.09. The second-order valence-corrected chi connectivity index (χ2v) is 5.60. The molecule has 0 fully saturated rings. The fourth-order valence-corrected chi connectivity index (χ4v) is 2.24. The van der Waals surface area contributed by atoms with Crippen molar-refractivity contribution in [2.24, 2.45) is 0 Å².